The van der Waals surface area contributed by atoms with Gasteiger partial charge < -0.3 is 148 Å². The minimum absolute atomic E-state index is 0.0695. The van der Waals surface area contributed by atoms with E-state index in [0.717, 1.165) is 0 Å². The lowest BCUT2D eigenvalue weighted by molar-refractivity contribution is -0.149. The monoisotopic (exact) mass is 2040 g/mol. The average molecular weight is 2040 g/mol. The van der Waals surface area contributed by atoms with E-state index in [1.807, 2.05) is 0 Å². The Balaban J connectivity index is 1.29. The number of hydrogen-bond donors (Lipinski definition) is 28. The van der Waals surface area contributed by atoms with Gasteiger partial charge in [0, 0.05) is 74.2 Å². The first-order chi connectivity index (χ1) is 68.4. The highest BCUT2D eigenvalue weighted by atomic mass is 16.4. The molecule has 51 heteroatoms. The highest BCUT2D eigenvalue weighted by Gasteiger charge is 2.44. The molecule has 4 aromatic rings. The Morgan fingerprint density at radius 1 is 0.552 bits per heavy atom. The van der Waals surface area contributed by atoms with Crippen molar-refractivity contribution in [3.63, 3.8) is 0 Å². The molecule has 0 spiro atoms. The number of amides is 20. The molecule has 145 heavy (non-hydrogen) atoms. The molecule has 0 aliphatic carbocycles. The van der Waals surface area contributed by atoms with Crippen LogP contribution in [0.25, 0.3) is 10.9 Å². The lowest BCUT2D eigenvalue weighted by Crippen LogP contribution is -2.62. The number of primary amides is 2. The van der Waals surface area contributed by atoms with Gasteiger partial charge in [0.05, 0.1) is 39.1 Å². The number of hydrogen-bond acceptors (Lipinski definition) is 26. The van der Waals surface area contributed by atoms with Crippen molar-refractivity contribution in [3.8, 4) is 5.75 Å². The summed E-state index contributed by atoms with van der Waals surface area (Å²) in [5.41, 5.74) is 18.1. The summed E-state index contributed by atoms with van der Waals surface area (Å²) in [5, 5.41) is 94.7. The van der Waals surface area contributed by atoms with Crippen LogP contribution >= 0.6 is 0 Å². The standard InChI is InChI=1S/C94H142N26O25/c1-13-50(12)77(91(142)114-65(33-46(4)5)92(143)120-31-17-21-68(120)93(144)145)119-90(141)76(49(10)11)118-85(136)64(37-70(96)125)112-87(138)67(43-122)115-82(133)63(36-53-39-99-44-104-53)105-73(128)41-103-88(139)74(47(6)7)116-84(135)62(35-52-38-101-56-19-15-14-18-55(52)56)111-80(131)59-27-29-71(126)102-40-72(127)106-66(42-121)86(137)109-58(26-28-69(95)124)79(130)110-60(32-45(2)3)83(134)117-75(48(8)9)89(140)113-61(34-51-22-24-54(123)25-23-51)81(132)107-57(78(129)108-59)20-16-30-100-94(97)98/h14-15,18-19,22-25,38-39,44-50,57-68,74-77,101,121-123H,13,16-17,20-21,26-37,40-43H2,1-12H3,(H2,95,124)(H2,96,125)(H,99,104)(H,102,126)(H,103,139)(H,105,128)(H,106,127)(H,107,132)(H,108,129)(H,109,137)(H,110,130)(H,111,131)(H,112,138)(H,113,140)(H,114,142)(H,115,133)(H,116,135)(H,117,134)(H,118,136)(H,119,141)(H,144,145)(H4,97,98,100)/t50-,57-,58-,59-,60-,61-,62-,63-,64-,65-,66-,67-,68-,74-,75-,76-,77-/m0/s1. The number of carbonyl (C=O) groups excluding carboxylic acids is 20. The van der Waals surface area contributed by atoms with Gasteiger partial charge in [0.1, 0.15) is 102 Å². The number of phenolic OH excluding ortho intramolecular Hbond substituents is 1. The molecule has 0 radical (unpaired) electrons. The lowest BCUT2D eigenvalue weighted by Gasteiger charge is -2.32. The van der Waals surface area contributed by atoms with Crippen molar-refractivity contribution in [2.24, 2.45) is 52.7 Å². The summed E-state index contributed by atoms with van der Waals surface area (Å²) in [6.45, 7) is 15.4. The van der Waals surface area contributed by atoms with Crippen molar-refractivity contribution in [1.29, 1.82) is 5.41 Å². The average Bonchev–Trinajstić information content (AvgIpc) is 1.75. The molecular formula is C94H142N26O25. The Labute approximate surface area is 837 Å². The van der Waals surface area contributed by atoms with Crippen LogP contribution in [0.3, 0.4) is 0 Å². The molecule has 51 nitrogen and oxygen atoms in total. The number of H-pyrrole nitrogens is 2. The third-order valence-electron chi connectivity index (χ3n) is 24.2. The first kappa shape index (κ1) is 119. The number of likely N-dealkylation sites (tertiary alicyclic amines) is 1. The number of aromatic hydroxyl groups is 1. The van der Waals surface area contributed by atoms with Gasteiger partial charge in [0.2, 0.25) is 118 Å². The normalized spacial score (nSPS) is 20.1. The highest BCUT2D eigenvalue weighted by molar-refractivity contribution is 6.03. The minimum Gasteiger partial charge on any atom is -0.508 e. The van der Waals surface area contributed by atoms with Crippen molar-refractivity contribution in [3.05, 3.63) is 84.1 Å². The van der Waals surface area contributed by atoms with Crippen LogP contribution in [0.2, 0.25) is 0 Å². The van der Waals surface area contributed by atoms with Crippen molar-refractivity contribution in [1.82, 2.24) is 116 Å². The number of imidazole rings is 1. The second kappa shape index (κ2) is 58.0. The van der Waals surface area contributed by atoms with Gasteiger partial charge in [-0.2, -0.15) is 0 Å². The van der Waals surface area contributed by atoms with E-state index in [9.17, 15) is 102 Å². The van der Waals surface area contributed by atoms with Crippen LogP contribution in [0.5, 0.6) is 5.75 Å². The number of para-hydroxylation sites is 1. The summed E-state index contributed by atoms with van der Waals surface area (Å²) in [6.07, 6.45) is -0.00760. The largest absolute Gasteiger partial charge is 0.508 e. The van der Waals surface area contributed by atoms with Gasteiger partial charge in [-0.1, -0.05) is 120 Å². The van der Waals surface area contributed by atoms with E-state index in [4.69, 9.17) is 22.6 Å². The second-order valence-corrected chi connectivity index (χ2v) is 37.9. The number of aromatic nitrogens is 3. The molecule has 6 rings (SSSR count). The van der Waals surface area contributed by atoms with E-state index in [-0.39, 0.29) is 74.9 Å². The highest BCUT2D eigenvalue weighted by Crippen LogP contribution is 2.25. The number of aliphatic hydroxyl groups is 2. The number of carboxylic acid groups (broad SMARTS) is 1. The SMILES string of the molecule is CC[C@H](C)[C@H](NC(=O)[C@@H](NC(=O)[C@H](CC(N)=O)NC(=O)[C@H](CO)NC(=O)[C@H](Cc1cnc[nH]1)NC(=O)CNC(=O)[C@@H](NC(=O)[C@H](Cc1c[nH]c2ccccc12)NC(=O)[C@@H]1CCC(=O)NCC(=O)N[C@@H](CO)C(=O)N[C@@H](CCC(N)=O)C(=O)N[C@@H](CC(C)C)C(=O)N[C@@H](C(C)C)C(=O)N[C@@H](Cc2ccc(O)cc2)C(=O)N[C@@H](CCCNC(=N)N)C(=O)N1)C(C)C)C(C)C)C(=O)N[C@@H](CC(C)C)C(=O)N1CCC[C@H]1C(=O)O. The first-order valence-corrected chi connectivity index (χ1v) is 48.2. The number of benzene rings is 2. The Bertz CT molecular complexity index is 5210. The molecule has 0 saturated carbocycles. The van der Waals surface area contributed by atoms with E-state index in [2.05, 4.69) is 111 Å². The molecule has 2 aromatic heterocycles. The summed E-state index contributed by atoms with van der Waals surface area (Å²) in [6, 6.07) is -13.7. The van der Waals surface area contributed by atoms with Gasteiger partial charge in [0.25, 0.3) is 0 Å². The van der Waals surface area contributed by atoms with Crippen LogP contribution in [0.4, 0.5) is 0 Å². The van der Waals surface area contributed by atoms with Gasteiger partial charge in [-0.3, -0.25) is 101 Å². The number of carboxylic acids is 1. The number of phenols is 1. The Hall–Kier alpha value is -14.9. The van der Waals surface area contributed by atoms with Crippen LogP contribution < -0.4 is 113 Å². The molecule has 2 saturated heterocycles. The van der Waals surface area contributed by atoms with Crippen molar-refractivity contribution in [2.45, 2.75) is 276 Å². The topological polar surface area (TPSA) is 806 Å². The second-order valence-electron chi connectivity index (χ2n) is 37.9. The Morgan fingerprint density at radius 2 is 1.12 bits per heavy atom. The number of fused-ring (bicyclic) bond motifs is 1. The molecule has 4 heterocycles. The summed E-state index contributed by atoms with van der Waals surface area (Å²) < 4.78 is 0. The maximum Gasteiger partial charge on any atom is 0.326 e. The summed E-state index contributed by atoms with van der Waals surface area (Å²) in [7, 11) is 0. The number of carbonyl (C=O) groups is 21. The third kappa shape index (κ3) is 38.4. The number of nitrogens with one attached hydrogen (secondary N) is 21. The molecule has 17 atom stereocenters. The molecule has 2 fully saturated rings. The number of aliphatic hydroxyl groups excluding tert-OH is 2. The van der Waals surface area contributed by atoms with E-state index in [1.54, 1.807) is 79.7 Å². The van der Waals surface area contributed by atoms with Gasteiger partial charge >= 0.3 is 5.97 Å². The summed E-state index contributed by atoms with van der Waals surface area (Å²) >= 11 is 0. The zero-order chi connectivity index (χ0) is 108. The zero-order valence-electron chi connectivity index (χ0n) is 83.4. The smallest absolute Gasteiger partial charge is 0.326 e. The molecule has 20 amide bonds. The number of nitrogens with two attached hydrogens (primary N) is 3. The minimum atomic E-state index is -1.98. The molecule has 31 N–H and O–H groups in total. The van der Waals surface area contributed by atoms with Crippen LogP contribution in [-0.2, 0) is 120 Å². The lowest BCUT2D eigenvalue weighted by atomic mass is 9.95. The van der Waals surface area contributed by atoms with Crippen LogP contribution in [0.1, 0.15) is 177 Å². The number of aromatic amines is 2. The summed E-state index contributed by atoms with van der Waals surface area (Å²) in [4.78, 5) is 308. The number of aliphatic carboxylic acids is 1. The molecule has 0 unspecified atom stereocenters. The molecule has 0 bridgehead atoms. The quantitative estimate of drug-likeness (QED) is 0.0111. The van der Waals surface area contributed by atoms with Gasteiger partial charge in [-0.25, -0.2) is 9.78 Å². The van der Waals surface area contributed by atoms with E-state index in [0.29, 0.717) is 34.9 Å². The van der Waals surface area contributed by atoms with Crippen molar-refractivity contribution >= 4 is 141 Å². The third-order valence-corrected chi connectivity index (χ3v) is 24.2. The van der Waals surface area contributed by atoms with Gasteiger partial charge in [0.15, 0.2) is 5.96 Å². The van der Waals surface area contributed by atoms with Crippen LogP contribution in [0, 0.1) is 40.9 Å². The molecular weight excluding hydrogens is 1890 g/mol. The molecule has 2 aliphatic heterocycles. The Kier molecular flexibility index (Phi) is 47.5. The fourth-order valence-electron chi connectivity index (χ4n) is 16.0. The van der Waals surface area contributed by atoms with E-state index in [1.165, 1.54) is 75.6 Å². The predicted molar refractivity (Wildman–Crippen MR) is 521 cm³/mol. The fraction of sp³-hybridized carbons (Fsp3) is 0.585. The maximum atomic E-state index is 15.5. The van der Waals surface area contributed by atoms with E-state index >= 15 is 19.2 Å². The molecule has 2 aromatic carbocycles. The predicted octanol–water partition coefficient (Wildman–Crippen LogP) is -6.51. The van der Waals surface area contributed by atoms with Gasteiger partial charge in [-0.05, 0) is 116 Å². The van der Waals surface area contributed by atoms with Gasteiger partial charge in [-0.15, -0.1) is 0 Å². The fourth-order valence-corrected chi connectivity index (χ4v) is 16.0. The van der Waals surface area contributed by atoms with Crippen LogP contribution in [-0.4, -0.2) is 306 Å². The van der Waals surface area contributed by atoms with E-state index < -0.39 is 322 Å². The molecule has 2 aliphatic rings. The van der Waals surface area contributed by atoms with Crippen molar-refractivity contribution in [2.75, 3.05) is 39.4 Å². The number of rotatable bonds is 46. The number of nitrogens with zero attached hydrogens (tertiary/aromatic N) is 2. The maximum absolute atomic E-state index is 15.5. The van der Waals surface area contributed by atoms with Crippen molar-refractivity contribution < 1.29 is 121 Å². The zero-order valence-corrected chi connectivity index (χ0v) is 83.4. The molecule has 798 valence electrons. The summed E-state index contributed by atoms with van der Waals surface area (Å²) in [5.74, 6) is -26.4. The number of guanidine groups is 1. The van der Waals surface area contributed by atoms with Crippen LogP contribution in [0.15, 0.2) is 67.3 Å². The Morgan fingerprint density at radius 3 is 1.71 bits per heavy atom. The first-order valence-electron chi connectivity index (χ1n) is 48.2.